The van der Waals surface area contributed by atoms with Gasteiger partial charge in [0.05, 0.1) is 0 Å². The minimum atomic E-state index is 0.774. The quantitative estimate of drug-likeness (QED) is 0.580. The third-order valence-electron chi connectivity index (χ3n) is 4.54. The molecule has 3 fully saturated rings. The summed E-state index contributed by atoms with van der Waals surface area (Å²) in [5.41, 5.74) is 0.774. The fourth-order valence-electron chi connectivity index (χ4n) is 3.99. The Bertz CT molecular complexity index is 167. The first-order valence-corrected chi connectivity index (χ1v) is 5.59. The van der Waals surface area contributed by atoms with E-state index in [-0.39, 0.29) is 0 Å². The highest BCUT2D eigenvalue weighted by Crippen LogP contribution is 2.55. The van der Waals surface area contributed by atoms with Gasteiger partial charge in [-0.05, 0) is 43.1 Å². The van der Waals surface area contributed by atoms with Crippen LogP contribution in [-0.4, -0.2) is 13.1 Å². The smallest absolute Gasteiger partial charge is 0.000849 e. The zero-order chi connectivity index (χ0) is 8.02. The molecule has 0 radical (unpaired) electrons. The van der Waals surface area contributed by atoms with Gasteiger partial charge >= 0.3 is 0 Å². The van der Waals surface area contributed by atoms with E-state index in [9.17, 15) is 0 Å². The Hall–Kier alpha value is -0.0400. The molecule has 2 unspecified atom stereocenters. The molecule has 1 nitrogen and oxygen atoms in total. The van der Waals surface area contributed by atoms with E-state index in [1.807, 2.05) is 0 Å². The molecular formula is C11H19N. The van der Waals surface area contributed by atoms with Crippen LogP contribution in [0.5, 0.6) is 0 Å². The van der Waals surface area contributed by atoms with Gasteiger partial charge in [0.2, 0.25) is 0 Å². The van der Waals surface area contributed by atoms with Crippen molar-refractivity contribution in [3.8, 4) is 0 Å². The number of nitrogens with one attached hydrogen (secondary N) is 1. The van der Waals surface area contributed by atoms with Gasteiger partial charge in [0.15, 0.2) is 0 Å². The fourth-order valence-corrected chi connectivity index (χ4v) is 3.99. The Balaban J connectivity index is 1.77. The molecule has 1 heterocycles. The van der Waals surface area contributed by atoms with E-state index in [2.05, 4.69) is 5.32 Å². The van der Waals surface area contributed by atoms with Crippen molar-refractivity contribution in [1.82, 2.24) is 5.32 Å². The largest absolute Gasteiger partial charge is 0.316 e. The molecule has 1 heteroatoms. The molecule has 2 atom stereocenters. The molecule has 68 valence electrons. The van der Waals surface area contributed by atoms with Crippen molar-refractivity contribution in [2.45, 2.75) is 38.5 Å². The third kappa shape index (κ3) is 0.953. The van der Waals surface area contributed by atoms with Crippen LogP contribution in [0.2, 0.25) is 0 Å². The molecule has 1 aliphatic heterocycles. The van der Waals surface area contributed by atoms with Crippen LogP contribution in [-0.2, 0) is 0 Å². The van der Waals surface area contributed by atoms with Gasteiger partial charge in [-0.3, -0.25) is 0 Å². The number of rotatable bonds is 0. The lowest BCUT2D eigenvalue weighted by molar-refractivity contribution is 0.306. The van der Waals surface area contributed by atoms with Crippen LogP contribution in [0.4, 0.5) is 0 Å². The summed E-state index contributed by atoms with van der Waals surface area (Å²) in [4.78, 5) is 0. The number of hydrogen-bond donors (Lipinski definition) is 1. The van der Waals surface area contributed by atoms with Crippen LogP contribution < -0.4 is 5.32 Å². The lowest BCUT2D eigenvalue weighted by atomic mass is 9.83. The predicted octanol–water partition coefficient (Wildman–Crippen LogP) is 2.18. The first kappa shape index (κ1) is 7.37. The maximum absolute atomic E-state index is 3.54. The van der Waals surface area contributed by atoms with E-state index < -0.39 is 0 Å². The number of hydrogen-bond acceptors (Lipinski definition) is 1. The van der Waals surface area contributed by atoms with Crippen molar-refractivity contribution in [3.63, 3.8) is 0 Å². The zero-order valence-corrected chi connectivity index (χ0v) is 7.81. The molecule has 2 saturated carbocycles. The molecule has 0 bridgehead atoms. The van der Waals surface area contributed by atoms with Gasteiger partial charge in [0.1, 0.15) is 0 Å². The highest BCUT2D eigenvalue weighted by atomic mass is 14.9. The fraction of sp³-hybridized carbons (Fsp3) is 1.00. The first-order chi connectivity index (χ1) is 5.88. The molecule has 3 rings (SSSR count). The summed E-state index contributed by atoms with van der Waals surface area (Å²) in [5, 5.41) is 3.54. The molecule has 0 amide bonds. The van der Waals surface area contributed by atoms with Gasteiger partial charge in [0, 0.05) is 6.54 Å². The molecule has 0 aromatic heterocycles. The summed E-state index contributed by atoms with van der Waals surface area (Å²) in [5.74, 6) is 2.26. The second kappa shape index (κ2) is 2.47. The molecule has 1 N–H and O–H groups in total. The van der Waals surface area contributed by atoms with Gasteiger partial charge in [0.25, 0.3) is 0 Å². The van der Waals surface area contributed by atoms with E-state index >= 15 is 0 Å². The Labute approximate surface area is 74.9 Å². The van der Waals surface area contributed by atoms with E-state index in [1.54, 1.807) is 25.7 Å². The second-order valence-electron chi connectivity index (χ2n) is 5.29. The zero-order valence-electron chi connectivity index (χ0n) is 7.81. The normalized spacial score (nSPS) is 52.0. The maximum atomic E-state index is 3.54. The average Bonchev–Trinajstić information content (AvgIpc) is 2.66. The third-order valence-corrected chi connectivity index (χ3v) is 4.54. The molecule has 3 aliphatic rings. The summed E-state index contributed by atoms with van der Waals surface area (Å²) >= 11 is 0. The summed E-state index contributed by atoms with van der Waals surface area (Å²) in [7, 11) is 0. The van der Waals surface area contributed by atoms with Crippen molar-refractivity contribution in [2.75, 3.05) is 13.1 Å². The van der Waals surface area contributed by atoms with Gasteiger partial charge in [-0.1, -0.05) is 19.3 Å². The van der Waals surface area contributed by atoms with Crippen molar-refractivity contribution in [2.24, 2.45) is 17.3 Å². The molecule has 0 aromatic carbocycles. The van der Waals surface area contributed by atoms with Crippen LogP contribution in [0.3, 0.4) is 0 Å². The van der Waals surface area contributed by atoms with Crippen LogP contribution in [0.25, 0.3) is 0 Å². The van der Waals surface area contributed by atoms with Crippen molar-refractivity contribution in [3.05, 3.63) is 0 Å². The van der Waals surface area contributed by atoms with Crippen LogP contribution in [0, 0.1) is 17.3 Å². The van der Waals surface area contributed by atoms with Crippen molar-refractivity contribution < 1.29 is 0 Å². The monoisotopic (exact) mass is 165 g/mol. The van der Waals surface area contributed by atoms with Gasteiger partial charge in [-0.2, -0.15) is 0 Å². The standard InChI is InChI=1S/C11H19N/c1-2-9-6-11(4-5-12-8-11)7-10(9)3-1/h9-10,12H,1-8H2. The van der Waals surface area contributed by atoms with Crippen molar-refractivity contribution >= 4 is 0 Å². The highest BCUT2D eigenvalue weighted by molar-refractivity contribution is 5.00. The average molecular weight is 165 g/mol. The topological polar surface area (TPSA) is 12.0 Å². The Morgan fingerprint density at radius 2 is 1.83 bits per heavy atom. The van der Waals surface area contributed by atoms with E-state index in [4.69, 9.17) is 0 Å². The second-order valence-corrected chi connectivity index (χ2v) is 5.29. The summed E-state index contributed by atoms with van der Waals surface area (Å²) < 4.78 is 0. The summed E-state index contributed by atoms with van der Waals surface area (Å²) in [6.07, 6.45) is 9.22. The minimum absolute atomic E-state index is 0.774. The molecule has 12 heavy (non-hydrogen) atoms. The highest BCUT2D eigenvalue weighted by Gasteiger charge is 2.47. The van der Waals surface area contributed by atoms with Gasteiger partial charge in [-0.15, -0.1) is 0 Å². The van der Waals surface area contributed by atoms with E-state index in [1.165, 1.54) is 25.9 Å². The van der Waals surface area contributed by atoms with E-state index in [0.717, 1.165) is 17.3 Å². The van der Waals surface area contributed by atoms with Gasteiger partial charge < -0.3 is 5.32 Å². The van der Waals surface area contributed by atoms with Crippen LogP contribution in [0.1, 0.15) is 38.5 Å². The summed E-state index contributed by atoms with van der Waals surface area (Å²) in [6, 6.07) is 0. The SMILES string of the molecule is C1CC2CC3(CCNC3)CC2C1. The van der Waals surface area contributed by atoms with Crippen LogP contribution >= 0.6 is 0 Å². The molecule has 0 aromatic rings. The summed E-state index contributed by atoms with van der Waals surface area (Å²) in [6.45, 7) is 2.62. The van der Waals surface area contributed by atoms with E-state index in [0.29, 0.717) is 0 Å². The lowest BCUT2D eigenvalue weighted by Crippen LogP contribution is -2.21. The van der Waals surface area contributed by atoms with Crippen LogP contribution in [0.15, 0.2) is 0 Å². The van der Waals surface area contributed by atoms with Crippen molar-refractivity contribution in [1.29, 1.82) is 0 Å². The lowest BCUT2D eigenvalue weighted by Gasteiger charge is -2.22. The Morgan fingerprint density at radius 1 is 1.08 bits per heavy atom. The minimum Gasteiger partial charge on any atom is -0.316 e. The molecule has 2 aliphatic carbocycles. The number of fused-ring (bicyclic) bond motifs is 1. The first-order valence-electron chi connectivity index (χ1n) is 5.59. The predicted molar refractivity (Wildman–Crippen MR) is 50.0 cm³/mol. The maximum Gasteiger partial charge on any atom is 0.000849 e. The van der Waals surface area contributed by atoms with Gasteiger partial charge in [-0.25, -0.2) is 0 Å². The Morgan fingerprint density at radius 3 is 2.42 bits per heavy atom. The molecular weight excluding hydrogens is 146 g/mol. The Kier molecular flexibility index (Phi) is 1.52. The molecule has 1 spiro atoms. The molecule has 1 saturated heterocycles.